The Hall–Kier alpha value is -2.17. The lowest BCUT2D eigenvalue weighted by Gasteiger charge is -2.15. The Balaban J connectivity index is 1.87. The molecule has 0 atom stereocenters. The Morgan fingerprint density at radius 2 is 1.65 bits per heavy atom. The highest BCUT2D eigenvalue weighted by molar-refractivity contribution is 5.95. The third kappa shape index (κ3) is 1.80. The highest BCUT2D eigenvalue weighted by atomic mass is 16.2. The molecule has 86 valence electrons. The fourth-order valence-electron chi connectivity index (χ4n) is 2.06. The summed E-state index contributed by atoms with van der Waals surface area (Å²) in [5, 5.41) is 7.52. The number of hydrogen-bond acceptors (Lipinski definition) is 3. The lowest BCUT2D eigenvalue weighted by atomic mass is 10.2. The molecule has 1 saturated heterocycles. The van der Waals surface area contributed by atoms with E-state index in [0.717, 1.165) is 24.3 Å². The molecule has 0 aliphatic carbocycles. The van der Waals surface area contributed by atoms with Crippen LogP contribution in [-0.2, 0) is 4.79 Å². The van der Waals surface area contributed by atoms with Gasteiger partial charge in [0.15, 0.2) is 0 Å². The molecule has 5 nitrogen and oxygen atoms in total. The van der Waals surface area contributed by atoms with Crippen molar-refractivity contribution in [3.05, 3.63) is 36.9 Å². The maximum absolute atomic E-state index is 11.6. The highest BCUT2D eigenvalue weighted by Gasteiger charge is 2.21. The molecule has 1 amide bonds. The van der Waals surface area contributed by atoms with Crippen molar-refractivity contribution in [3.8, 4) is 5.69 Å². The topological polar surface area (TPSA) is 51.0 Å². The SMILES string of the molecule is O=C1CCCN1c1ccc(-n2cnnc2)cc1. The van der Waals surface area contributed by atoms with Gasteiger partial charge in [-0.2, -0.15) is 0 Å². The Morgan fingerprint density at radius 1 is 1.00 bits per heavy atom. The normalized spacial score (nSPS) is 15.5. The average molecular weight is 228 g/mol. The summed E-state index contributed by atoms with van der Waals surface area (Å²) in [5.41, 5.74) is 1.95. The molecule has 2 heterocycles. The number of benzene rings is 1. The average Bonchev–Trinajstić information content (AvgIpc) is 3.00. The first-order valence-corrected chi connectivity index (χ1v) is 5.60. The van der Waals surface area contributed by atoms with Crippen LogP contribution in [0.15, 0.2) is 36.9 Å². The summed E-state index contributed by atoms with van der Waals surface area (Å²) in [4.78, 5) is 13.4. The first-order chi connectivity index (χ1) is 8.34. The van der Waals surface area contributed by atoms with Gasteiger partial charge in [-0.05, 0) is 30.7 Å². The zero-order valence-corrected chi connectivity index (χ0v) is 9.28. The molecule has 1 aromatic heterocycles. The molecule has 0 bridgehead atoms. The Morgan fingerprint density at radius 3 is 2.24 bits per heavy atom. The summed E-state index contributed by atoms with van der Waals surface area (Å²) in [6.45, 7) is 0.824. The number of aromatic nitrogens is 3. The van der Waals surface area contributed by atoms with Gasteiger partial charge < -0.3 is 4.90 Å². The Bertz CT molecular complexity index is 518. The molecule has 0 unspecified atom stereocenters. The standard InChI is InChI=1S/C12H12N4O/c17-12-2-1-7-16(12)11-5-3-10(4-6-11)15-8-13-14-9-15/h3-6,8-9H,1-2,7H2. The van der Waals surface area contributed by atoms with E-state index in [9.17, 15) is 4.79 Å². The molecule has 0 saturated carbocycles. The van der Waals surface area contributed by atoms with Gasteiger partial charge in [-0.25, -0.2) is 0 Å². The van der Waals surface area contributed by atoms with Gasteiger partial charge in [0.2, 0.25) is 5.91 Å². The number of hydrogen-bond donors (Lipinski definition) is 0. The molecule has 5 heteroatoms. The van der Waals surface area contributed by atoms with E-state index in [0.29, 0.717) is 6.42 Å². The minimum atomic E-state index is 0.210. The second-order valence-electron chi connectivity index (χ2n) is 4.03. The van der Waals surface area contributed by atoms with Crippen molar-refractivity contribution in [1.29, 1.82) is 0 Å². The largest absolute Gasteiger partial charge is 0.312 e. The number of nitrogens with zero attached hydrogens (tertiary/aromatic N) is 4. The maximum Gasteiger partial charge on any atom is 0.227 e. The molecule has 1 fully saturated rings. The fourth-order valence-corrected chi connectivity index (χ4v) is 2.06. The van der Waals surface area contributed by atoms with Gasteiger partial charge >= 0.3 is 0 Å². The van der Waals surface area contributed by atoms with E-state index >= 15 is 0 Å². The molecule has 1 aliphatic heterocycles. The molecule has 3 rings (SSSR count). The second kappa shape index (κ2) is 4.01. The van der Waals surface area contributed by atoms with E-state index in [1.165, 1.54) is 0 Å². The number of carbonyl (C=O) groups is 1. The van der Waals surface area contributed by atoms with Gasteiger partial charge in [-0.1, -0.05) is 0 Å². The zero-order valence-electron chi connectivity index (χ0n) is 9.28. The van der Waals surface area contributed by atoms with Crippen molar-refractivity contribution in [2.24, 2.45) is 0 Å². The summed E-state index contributed by atoms with van der Waals surface area (Å²) < 4.78 is 1.83. The van der Waals surface area contributed by atoms with E-state index in [2.05, 4.69) is 10.2 Å². The molecular formula is C12H12N4O. The van der Waals surface area contributed by atoms with E-state index in [-0.39, 0.29) is 5.91 Å². The molecule has 0 radical (unpaired) electrons. The lowest BCUT2D eigenvalue weighted by molar-refractivity contribution is -0.117. The lowest BCUT2D eigenvalue weighted by Crippen LogP contribution is -2.23. The summed E-state index contributed by atoms with van der Waals surface area (Å²) in [6, 6.07) is 7.84. The number of rotatable bonds is 2. The smallest absolute Gasteiger partial charge is 0.227 e. The number of anilines is 1. The van der Waals surface area contributed by atoms with Gasteiger partial charge in [-0.15, -0.1) is 10.2 Å². The van der Waals surface area contributed by atoms with Crippen molar-refractivity contribution in [1.82, 2.24) is 14.8 Å². The van der Waals surface area contributed by atoms with Crippen LogP contribution in [0.5, 0.6) is 0 Å². The first kappa shape index (κ1) is 10.0. The predicted molar refractivity (Wildman–Crippen MR) is 62.9 cm³/mol. The van der Waals surface area contributed by atoms with Crippen molar-refractivity contribution in [2.45, 2.75) is 12.8 Å². The van der Waals surface area contributed by atoms with Crippen LogP contribution in [0, 0.1) is 0 Å². The van der Waals surface area contributed by atoms with E-state index in [4.69, 9.17) is 0 Å². The van der Waals surface area contributed by atoms with Gasteiger partial charge in [-0.3, -0.25) is 9.36 Å². The van der Waals surface area contributed by atoms with Crippen LogP contribution < -0.4 is 4.90 Å². The first-order valence-electron chi connectivity index (χ1n) is 5.60. The van der Waals surface area contributed by atoms with Crippen LogP contribution in [0.3, 0.4) is 0 Å². The van der Waals surface area contributed by atoms with Crippen LogP contribution in [-0.4, -0.2) is 27.2 Å². The van der Waals surface area contributed by atoms with E-state index < -0.39 is 0 Å². The minimum absolute atomic E-state index is 0.210. The van der Waals surface area contributed by atoms with Gasteiger partial charge in [0.25, 0.3) is 0 Å². The van der Waals surface area contributed by atoms with Gasteiger partial charge in [0.1, 0.15) is 12.7 Å². The zero-order chi connectivity index (χ0) is 11.7. The third-order valence-corrected chi connectivity index (χ3v) is 2.95. The summed E-state index contributed by atoms with van der Waals surface area (Å²) in [6.07, 6.45) is 4.91. The predicted octanol–water partition coefficient (Wildman–Crippen LogP) is 1.39. The van der Waals surface area contributed by atoms with Crippen LogP contribution in [0.25, 0.3) is 5.69 Å². The van der Waals surface area contributed by atoms with E-state index in [1.807, 2.05) is 33.7 Å². The molecule has 0 N–H and O–H groups in total. The molecule has 17 heavy (non-hydrogen) atoms. The molecule has 0 spiro atoms. The van der Waals surface area contributed by atoms with Crippen LogP contribution in [0.1, 0.15) is 12.8 Å². The number of carbonyl (C=O) groups excluding carboxylic acids is 1. The Labute approximate surface area is 98.7 Å². The van der Waals surface area contributed by atoms with Crippen LogP contribution in [0.4, 0.5) is 5.69 Å². The monoisotopic (exact) mass is 228 g/mol. The fraction of sp³-hybridized carbons (Fsp3) is 0.250. The van der Waals surface area contributed by atoms with Gasteiger partial charge in [0, 0.05) is 24.3 Å². The summed E-state index contributed by atoms with van der Waals surface area (Å²) >= 11 is 0. The van der Waals surface area contributed by atoms with Crippen LogP contribution >= 0.6 is 0 Å². The summed E-state index contributed by atoms with van der Waals surface area (Å²) in [5.74, 6) is 0.210. The number of amides is 1. The van der Waals surface area contributed by atoms with Crippen LogP contribution in [0.2, 0.25) is 0 Å². The Kier molecular flexibility index (Phi) is 2.36. The summed E-state index contributed by atoms with van der Waals surface area (Å²) in [7, 11) is 0. The van der Waals surface area contributed by atoms with Crippen molar-refractivity contribution in [3.63, 3.8) is 0 Å². The van der Waals surface area contributed by atoms with Crippen molar-refractivity contribution in [2.75, 3.05) is 11.4 Å². The third-order valence-electron chi connectivity index (χ3n) is 2.95. The highest BCUT2D eigenvalue weighted by Crippen LogP contribution is 2.22. The van der Waals surface area contributed by atoms with E-state index in [1.54, 1.807) is 12.7 Å². The quantitative estimate of drug-likeness (QED) is 0.780. The second-order valence-corrected chi connectivity index (χ2v) is 4.03. The minimum Gasteiger partial charge on any atom is -0.312 e. The van der Waals surface area contributed by atoms with Crippen molar-refractivity contribution >= 4 is 11.6 Å². The van der Waals surface area contributed by atoms with Gasteiger partial charge in [0.05, 0.1) is 0 Å². The maximum atomic E-state index is 11.6. The molecule has 1 aliphatic rings. The molecule has 1 aromatic carbocycles. The van der Waals surface area contributed by atoms with Crippen molar-refractivity contribution < 1.29 is 4.79 Å². The molecule has 2 aromatic rings. The molecular weight excluding hydrogens is 216 g/mol.